The molecule has 0 aliphatic carbocycles. The molecule has 1 atom stereocenters. The number of methoxy groups -OCH3 is 1. The highest BCUT2D eigenvalue weighted by Gasteiger charge is 2.21. The fourth-order valence-electron chi connectivity index (χ4n) is 1.38. The Kier molecular flexibility index (Phi) is 6.15. The van der Waals surface area contributed by atoms with Gasteiger partial charge in [0.1, 0.15) is 17.5 Å². The number of ether oxygens (including phenoxy) is 1. The van der Waals surface area contributed by atoms with Gasteiger partial charge in [0.25, 0.3) is 0 Å². The first-order valence-corrected chi connectivity index (χ1v) is 7.32. The van der Waals surface area contributed by atoms with Crippen LogP contribution in [-0.4, -0.2) is 41.0 Å². The molecule has 6 nitrogen and oxygen atoms in total. The molecule has 0 saturated heterocycles. The van der Waals surface area contributed by atoms with Crippen molar-refractivity contribution in [1.82, 2.24) is 5.32 Å². The molecule has 0 spiro atoms. The van der Waals surface area contributed by atoms with Crippen molar-refractivity contribution in [3.05, 3.63) is 16.6 Å². The molecule has 0 aromatic heterocycles. The van der Waals surface area contributed by atoms with Crippen molar-refractivity contribution in [3.63, 3.8) is 0 Å². The molecule has 8 heteroatoms. The summed E-state index contributed by atoms with van der Waals surface area (Å²) in [6.45, 7) is 1.30. The summed E-state index contributed by atoms with van der Waals surface area (Å²) in [5, 5.41) is 21.8. The molecule has 110 valence electrons. The van der Waals surface area contributed by atoms with Crippen molar-refractivity contribution in [2.24, 2.45) is 0 Å². The third kappa shape index (κ3) is 4.61. The van der Waals surface area contributed by atoms with Gasteiger partial charge in [0.2, 0.25) is 5.91 Å². The number of carbonyl (C=O) groups is 2. The van der Waals surface area contributed by atoms with Crippen LogP contribution in [0.2, 0.25) is 0 Å². The van der Waals surface area contributed by atoms with Crippen LogP contribution in [0.25, 0.3) is 0 Å². The topological polar surface area (TPSA) is 95.9 Å². The number of benzene rings is 1. The molecule has 0 aliphatic rings. The normalized spacial score (nSPS) is 11.8. The van der Waals surface area contributed by atoms with Crippen LogP contribution in [0, 0.1) is 0 Å². The Bertz CT molecular complexity index is 523. The summed E-state index contributed by atoms with van der Waals surface area (Å²) in [6, 6.07) is 1.89. The van der Waals surface area contributed by atoms with Gasteiger partial charge in [-0.05, 0) is 28.1 Å². The van der Waals surface area contributed by atoms with Crippen molar-refractivity contribution in [1.29, 1.82) is 0 Å². The largest absolute Gasteiger partial charge is 0.507 e. The van der Waals surface area contributed by atoms with Gasteiger partial charge in [-0.2, -0.15) is 0 Å². The Morgan fingerprint density at radius 1 is 1.40 bits per heavy atom. The van der Waals surface area contributed by atoms with Crippen LogP contribution in [0.5, 0.6) is 11.5 Å². The molecule has 0 fully saturated rings. The van der Waals surface area contributed by atoms with Gasteiger partial charge >= 0.3 is 5.97 Å². The van der Waals surface area contributed by atoms with Gasteiger partial charge in [-0.15, -0.1) is 11.8 Å². The third-order valence-corrected chi connectivity index (χ3v) is 4.07. The summed E-state index contributed by atoms with van der Waals surface area (Å²) in [5.74, 6) is -0.830. The van der Waals surface area contributed by atoms with Gasteiger partial charge in [0.15, 0.2) is 0 Å². The van der Waals surface area contributed by atoms with E-state index in [1.807, 2.05) is 0 Å². The highest BCUT2D eigenvalue weighted by atomic mass is 79.9. The lowest BCUT2D eigenvalue weighted by Gasteiger charge is -2.15. The Morgan fingerprint density at radius 2 is 2.05 bits per heavy atom. The number of rotatable bonds is 5. The molecule has 0 radical (unpaired) electrons. The quantitative estimate of drug-likeness (QED) is 0.418. The number of thioether (sulfide) groups is 1. The maximum atomic E-state index is 11.5. The minimum atomic E-state index is -0.826. The minimum absolute atomic E-state index is 0.0283. The summed E-state index contributed by atoms with van der Waals surface area (Å²) in [4.78, 5) is 22.9. The average molecular weight is 364 g/mol. The molecule has 0 heterocycles. The Morgan fingerprint density at radius 3 is 2.60 bits per heavy atom. The van der Waals surface area contributed by atoms with E-state index < -0.39 is 12.0 Å². The van der Waals surface area contributed by atoms with Crippen molar-refractivity contribution < 1.29 is 24.5 Å². The lowest BCUT2D eigenvalue weighted by atomic mass is 10.3. The van der Waals surface area contributed by atoms with E-state index in [1.54, 1.807) is 0 Å². The zero-order chi connectivity index (χ0) is 15.3. The van der Waals surface area contributed by atoms with Crippen LogP contribution >= 0.6 is 27.7 Å². The molecule has 1 aromatic rings. The number of hydrogen-bond acceptors (Lipinski definition) is 6. The van der Waals surface area contributed by atoms with Crippen LogP contribution < -0.4 is 5.32 Å². The van der Waals surface area contributed by atoms with E-state index in [1.165, 1.54) is 26.2 Å². The second kappa shape index (κ2) is 7.39. The van der Waals surface area contributed by atoms with Crippen molar-refractivity contribution >= 4 is 39.6 Å². The number of halogens is 1. The summed E-state index contributed by atoms with van der Waals surface area (Å²) in [6.07, 6.45) is 0. The van der Waals surface area contributed by atoms with Gasteiger partial charge in [0, 0.05) is 12.7 Å². The average Bonchev–Trinajstić information content (AvgIpc) is 2.38. The molecule has 20 heavy (non-hydrogen) atoms. The van der Waals surface area contributed by atoms with Crippen LogP contribution in [0.3, 0.4) is 0 Å². The molecule has 1 amide bonds. The number of amides is 1. The van der Waals surface area contributed by atoms with Crippen LogP contribution in [-0.2, 0) is 14.3 Å². The third-order valence-electron chi connectivity index (χ3n) is 2.30. The number of phenols is 2. The Labute approximate surface area is 128 Å². The second-order valence-corrected chi connectivity index (χ2v) is 5.77. The van der Waals surface area contributed by atoms with E-state index >= 15 is 0 Å². The van der Waals surface area contributed by atoms with E-state index in [9.17, 15) is 19.8 Å². The summed E-state index contributed by atoms with van der Waals surface area (Å²) in [5.41, 5.74) is 0. The fourth-order valence-corrected chi connectivity index (χ4v) is 2.68. The first-order chi connectivity index (χ1) is 9.35. The Hall–Kier alpha value is -1.41. The Balaban J connectivity index is 2.79. The summed E-state index contributed by atoms with van der Waals surface area (Å²) in [7, 11) is 1.23. The first-order valence-electron chi connectivity index (χ1n) is 5.54. The van der Waals surface area contributed by atoms with Crippen molar-refractivity contribution in [3.8, 4) is 11.5 Å². The number of carbonyl (C=O) groups excluding carboxylic acids is 2. The number of hydrogen-bond donors (Lipinski definition) is 3. The second-order valence-electron chi connectivity index (χ2n) is 3.86. The molecular weight excluding hydrogens is 350 g/mol. The monoisotopic (exact) mass is 363 g/mol. The molecule has 1 aromatic carbocycles. The predicted octanol–water partition coefficient (Wildman–Crippen LogP) is 1.63. The zero-order valence-electron chi connectivity index (χ0n) is 10.8. The smallest absolute Gasteiger partial charge is 0.329 e. The summed E-state index contributed by atoms with van der Waals surface area (Å²) < 4.78 is 4.95. The SMILES string of the molecule is COC(=O)[C@H](CSc1cc(O)c(Br)cc1O)NC(C)=O. The van der Waals surface area contributed by atoms with Gasteiger partial charge in [-0.3, -0.25) is 4.79 Å². The van der Waals surface area contributed by atoms with Crippen molar-refractivity contribution in [2.75, 3.05) is 12.9 Å². The number of aromatic hydroxyl groups is 2. The number of phenolic OH excluding ortho intramolecular Hbond substituents is 2. The van der Waals surface area contributed by atoms with E-state index in [0.29, 0.717) is 9.37 Å². The van der Waals surface area contributed by atoms with Gasteiger partial charge in [-0.25, -0.2) is 4.79 Å². The fraction of sp³-hybridized carbons (Fsp3) is 0.333. The van der Waals surface area contributed by atoms with E-state index in [0.717, 1.165) is 11.8 Å². The van der Waals surface area contributed by atoms with E-state index in [2.05, 4.69) is 26.0 Å². The molecule has 3 N–H and O–H groups in total. The first kappa shape index (κ1) is 16.6. The van der Waals surface area contributed by atoms with E-state index in [4.69, 9.17) is 0 Å². The van der Waals surface area contributed by atoms with Gasteiger partial charge in [0.05, 0.1) is 16.5 Å². The standard InChI is InChI=1S/C12H14BrNO5S/c1-6(15)14-8(12(18)19-2)5-20-11-4-9(16)7(13)3-10(11)17/h3-4,8,16-17H,5H2,1-2H3,(H,14,15)/t8-/m0/s1. The molecule has 0 saturated carbocycles. The maximum absolute atomic E-state index is 11.5. The zero-order valence-corrected chi connectivity index (χ0v) is 13.2. The van der Waals surface area contributed by atoms with E-state index in [-0.39, 0.29) is 23.2 Å². The number of nitrogens with one attached hydrogen (secondary N) is 1. The minimum Gasteiger partial charge on any atom is -0.507 e. The highest BCUT2D eigenvalue weighted by molar-refractivity contribution is 9.10. The molecule has 0 unspecified atom stereocenters. The maximum Gasteiger partial charge on any atom is 0.329 e. The van der Waals surface area contributed by atoms with Crippen molar-refractivity contribution in [2.45, 2.75) is 17.9 Å². The lowest BCUT2D eigenvalue weighted by Crippen LogP contribution is -2.42. The molecular formula is C12H14BrNO5S. The molecule has 0 bridgehead atoms. The highest BCUT2D eigenvalue weighted by Crippen LogP contribution is 2.37. The lowest BCUT2D eigenvalue weighted by molar-refractivity contribution is -0.144. The molecule has 1 rings (SSSR count). The number of esters is 1. The van der Waals surface area contributed by atoms with Crippen LogP contribution in [0.4, 0.5) is 0 Å². The predicted molar refractivity (Wildman–Crippen MR) is 77.8 cm³/mol. The molecule has 0 aliphatic heterocycles. The van der Waals surface area contributed by atoms with Crippen LogP contribution in [0.15, 0.2) is 21.5 Å². The van der Waals surface area contributed by atoms with Crippen LogP contribution in [0.1, 0.15) is 6.92 Å². The van der Waals surface area contributed by atoms with Gasteiger partial charge in [-0.1, -0.05) is 0 Å². The summed E-state index contributed by atoms with van der Waals surface area (Å²) >= 11 is 4.19. The van der Waals surface area contributed by atoms with Gasteiger partial charge < -0.3 is 20.3 Å².